The van der Waals surface area contributed by atoms with E-state index in [-0.39, 0.29) is 17.9 Å². The van der Waals surface area contributed by atoms with Gasteiger partial charge in [-0.15, -0.1) is 0 Å². The van der Waals surface area contributed by atoms with E-state index in [4.69, 9.17) is 4.74 Å². The van der Waals surface area contributed by atoms with E-state index < -0.39 is 4.92 Å². The topological polar surface area (TPSA) is 105 Å². The van der Waals surface area contributed by atoms with Gasteiger partial charge in [-0.25, -0.2) is 4.98 Å². The molecule has 0 atom stereocenters. The van der Waals surface area contributed by atoms with Gasteiger partial charge in [0, 0.05) is 45.7 Å². The molecule has 0 N–H and O–H groups in total. The van der Waals surface area contributed by atoms with Gasteiger partial charge in [0.25, 0.3) is 11.2 Å². The molecule has 0 aliphatic heterocycles. The van der Waals surface area contributed by atoms with Gasteiger partial charge in [-0.05, 0) is 67.9 Å². The summed E-state index contributed by atoms with van der Waals surface area (Å²) in [5.74, 6) is 1.24. The van der Waals surface area contributed by atoms with Crippen molar-refractivity contribution in [3.63, 3.8) is 0 Å². The lowest BCUT2D eigenvalue weighted by Crippen LogP contribution is -2.22. The van der Waals surface area contributed by atoms with Crippen molar-refractivity contribution in [2.75, 3.05) is 0 Å². The maximum Gasteiger partial charge on any atom is 0.282 e. The van der Waals surface area contributed by atoms with Gasteiger partial charge in [-0.1, -0.05) is 35.0 Å². The van der Waals surface area contributed by atoms with Gasteiger partial charge in [0.05, 0.1) is 22.0 Å². The number of halogens is 1. The molecule has 5 rings (SSSR count). The molecule has 0 aliphatic rings. The fraction of sp³-hybridized carbons (Fsp3) is 0.167. The number of non-ortho nitro benzene ring substituents is 1. The van der Waals surface area contributed by atoms with E-state index in [0.717, 1.165) is 32.7 Å². The number of benzene rings is 3. The summed E-state index contributed by atoms with van der Waals surface area (Å²) in [5.41, 5.74) is 4.99. The first-order valence-corrected chi connectivity index (χ1v) is 13.5. The number of hydrogen-bond acceptors (Lipinski definition) is 6. The van der Waals surface area contributed by atoms with Crippen molar-refractivity contribution in [1.82, 2.24) is 14.2 Å². The molecule has 2 aromatic heterocycles. The molecule has 0 saturated carbocycles. The Bertz CT molecular complexity index is 1820. The van der Waals surface area contributed by atoms with Crippen LogP contribution in [0.15, 0.2) is 87.2 Å². The van der Waals surface area contributed by atoms with Crippen LogP contribution in [-0.4, -0.2) is 25.4 Å². The zero-order valence-electron chi connectivity index (χ0n) is 22.2. The Morgan fingerprint density at radius 2 is 1.85 bits per heavy atom. The fourth-order valence-electron chi connectivity index (χ4n) is 4.60. The van der Waals surface area contributed by atoms with Gasteiger partial charge in [0.1, 0.15) is 18.2 Å². The van der Waals surface area contributed by atoms with Gasteiger partial charge in [0.15, 0.2) is 0 Å². The highest BCUT2D eigenvalue weighted by molar-refractivity contribution is 9.10. The van der Waals surface area contributed by atoms with E-state index in [0.29, 0.717) is 28.9 Å². The lowest BCUT2D eigenvalue weighted by atomic mass is 10.2. The highest BCUT2D eigenvalue weighted by Crippen LogP contribution is 2.23. The molecular weight excluding hydrogens is 574 g/mol. The number of hydrogen-bond donors (Lipinski definition) is 0. The van der Waals surface area contributed by atoms with Crippen LogP contribution in [-0.2, 0) is 13.0 Å². The number of fused-ring (bicyclic) bond motifs is 1. The van der Waals surface area contributed by atoms with Crippen molar-refractivity contribution < 1.29 is 9.66 Å². The third kappa shape index (κ3) is 5.43. The van der Waals surface area contributed by atoms with Crippen LogP contribution in [0.25, 0.3) is 16.6 Å². The molecule has 0 aliphatic carbocycles. The van der Waals surface area contributed by atoms with Gasteiger partial charge >= 0.3 is 0 Å². The molecule has 10 heteroatoms. The maximum atomic E-state index is 13.2. The summed E-state index contributed by atoms with van der Waals surface area (Å²) in [5, 5.41) is 16.1. The van der Waals surface area contributed by atoms with Crippen LogP contribution in [0.3, 0.4) is 0 Å². The van der Waals surface area contributed by atoms with Crippen molar-refractivity contribution in [3.05, 3.63) is 126 Å². The van der Waals surface area contributed by atoms with Crippen LogP contribution < -0.4 is 10.3 Å². The average Bonchev–Trinajstić information content (AvgIpc) is 3.24. The molecule has 0 saturated heterocycles. The number of ether oxygens (including phenoxy) is 1. The number of aryl methyl sites for hydroxylation is 2. The predicted molar refractivity (Wildman–Crippen MR) is 159 cm³/mol. The lowest BCUT2D eigenvalue weighted by Gasteiger charge is -2.11. The normalized spacial score (nSPS) is 11.4. The first kappa shape index (κ1) is 27.0. The summed E-state index contributed by atoms with van der Waals surface area (Å²) in [6.07, 6.45) is 2.26. The quantitative estimate of drug-likeness (QED) is 0.115. The first-order valence-electron chi connectivity index (χ1n) is 12.7. The molecule has 0 bridgehead atoms. The number of nitro benzene ring substituents is 1. The van der Waals surface area contributed by atoms with Gasteiger partial charge < -0.3 is 9.30 Å². The zero-order chi connectivity index (χ0) is 28.4. The first-order chi connectivity index (χ1) is 19.2. The molecule has 5 aromatic rings. The van der Waals surface area contributed by atoms with E-state index in [1.165, 1.54) is 16.8 Å². The third-order valence-corrected chi connectivity index (χ3v) is 7.09. The molecule has 0 fully saturated rings. The highest BCUT2D eigenvalue weighted by Gasteiger charge is 2.13. The Morgan fingerprint density at radius 1 is 1.07 bits per heavy atom. The Hall–Kier alpha value is -4.57. The SMILES string of the molecule is CCc1nc2ccc(Br)cc2c(=O)n1N=Cc1cc(C)n(-c2ccc(OCc3cccc([N+](=O)[O-])c3)cc2)c1C. The third-order valence-electron chi connectivity index (χ3n) is 6.60. The molecule has 3 aromatic carbocycles. The van der Waals surface area contributed by atoms with E-state index in [1.54, 1.807) is 24.4 Å². The molecule has 0 unspecified atom stereocenters. The van der Waals surface area contributed by atoms with Crippen LogP contribution in [0.2, 0.25) is 0 Å². The van der Waals surface area contributed by atoms with Crippen LogP contribution in [0.1, 0.15) is 35.3 Å². The average molecular weight is 600 g/mol. The summed E-state index contributed by atoms with van der Waals surface area (Å²) >= 11 is 3.43. The monoisotopic (exact) mass is 599 g/mol. The minimum Gasteiger partial charge on any atom is -0.489 e. The molecule has 0 spiro atoms. The second kappa shape index (κ2) is 11.3. The molecule has 9 nitrogen and oxygen atoms in total. The number of aromatic nitrogens is 3. The van der Waals surface area contributed by atoms with E-state index in [9.17, 15) is 14.9 Å². The Balaban J connectivity index is 1.38. The van der Waals surface area contributed by atoms with E-state index in [1.807, 2.05) is 63.2 Å². The number of nitro groups is 1. The predicted octanol–water partition coefficient (Wildman–Crippen LogP) is 6.50. The number of nitrogens with zero attached hydrogens (tertiary/aromatic N) is 5. The Morgan fingerprint density at radius 3 is 2.58 bits per heavy atom. The van der Waals surface area contributed by atoms with Crippen molar-refractivity contribution >= 4 is 38.7 Å². The molecule has 0 radical (unpaired) electrons. The molecular formula is C30H26BrN5O4. The summed E-state index contributed by atoms with van der Waals surface area (Å²) < 4.78 is 10.1. The zero-order valence-corrected chi connectivity index (χ0v) is 23.8. The Kier molecular flexibility index (Phi) is 7.61. The van der Waals surface area contributed by atoms with Gasteiger partial charge in [-0.2, -0.15) is 9.78 Å². The van der Waals surface area contributed by atoms with E-state index in [2.05, 4.69) is 30.6 Å². The molecule has 2 heterocycles. The summed E-state index contributed by atoms with van der Waals surface area (Å²) in [4.78, 5) is 28.4. The standard InChI is InChI=1S/C30H26BrN5O4/c1-4-29-33-28-13-8-23(31)16-27(28)30(37)35(29)32-17-22-14-19(2)34(20(22)3)24-9-11-26(12-10-24)40-18-21-6-5-7-25(15-21)36(38)39/h5-17H,4,18H2,1-3H3. The van der Waals surface area contributed by atoms with Gasteiger partial charge in [0.2, 0.25) is 0 Å². The maximum absolute atomic E-state index is 13.2. The minimum atomic E-state index is -0.419. The summed E-state index contributed by atoms with van der Waals surface area (Å²) in [6.45, 7) is 6.18. The van der Waals surface area contributed by atoms with Crippen molar-refractivity contribution in [1.29, 1.82) is 0 Å². The summed E-state index contributed by atoms with van der Waals surface area (Å²) in [6, 6.07) is 21.5. The molecule has 0 amide bonds. The smallest absolute Gasteiger partial charge is 0.282 e. The van der Waals surface area contributed by atoms with Crippen molar-refractivity contribution in [2.24, 2.45) is 5.10 Å². The van der Waals surface area contributed by atoms with Crippen LogP contribution in [0.5, 0.6) is 5.75 Å². The van der Waals surface area contributed by atoms with Crippen molar-refractivity contribution in [2.45, 2.75) is 33.8 Å². The second-order valence-electron chi connectivity index (χ2n) is 9.28. The Labute approximate surface area is 238 Å². The highest BCUT2D eigenvalue weighted by atomic mass is 79.9. The minimum absolute atomic E-state index is 0.0371. The summed E-state index contributed by atoms with van der Waals surface area (Å²) in [7, 11) is 0. The van der Waals surface area contributed by atoms with Crippen LogP contribution in [0, 0.1) is 24.0 Å². The molecule has 202 valence electrons. The van der Waals surface area contributed by atoms with Crippen LogP contribution >= 0.6 is 15.9 Å². The van der Waals surface area contributed by atoms with Gasteiger partial charge in [-0.3, -0.25) is 14.9 Å². The largest absolute Gasteiger partial charge is 0.489 e. The van der Waals surface area contributed by atoms with Crippen molar-refractivity contribution in [3.8, 4) is 11.4 Å². The second-order valence-corrected chi connectivity index (χ2v) is 10.2. The molecule has 40 heavy (non-hydrogen) atoms. The fourth-order valence-corrected chi connectivity index (χ4v) is 4.96. The number of rotatable bonds is 8. The lowest BCUT2D eigenvalue weighted by molar-refractivity contribution is -0.384. The van der Waals surface area contributed by atoms with E-state index >= 15 is 0 Å². The van der Waals surface area contributed by atoms with Crippen LogP contribution in [0.4, 0.5) is 5.69 Å².